The van der Waals surface area contributed by atoms with Crippen molar-refractivity contribution in [2.24, 2.45) is 5.73 Å². The van der Waals surface area contributed by atoms with Crippen molar-refractivity contribution in [3.63, 3.8) is 0 Å². The summed E-state index contributed by atoms with van der Waals surface area (Å²) < 4.78 is 1.64. The van der Waals surface area contributed by atoms with Gasteiger partial charge in [0.15, 0.2) is 0 Å². The number of hydrogen-bond acceptors (Lipinski definition) is 4. The van der Waals surface area contributed by atoms with Crippen molar-refractivity contribution >= 4 is 29.2 Å². The minimum absolute atomic E-state index is 0.0120. The lowest BCUT2D eigenvalue weighted by Crippen LogP contribution is -2.37. The molecule has 158 valence electrons. The van der Waals surface area contributed by atoms with E-state index in [1.807, 2.05) is 12.1 Å². The average Bonchev–Trinajstić information content (AvgIpc) is 3.32. The van der Waals surface area contributed by atoms with E-state index in [-0.39, 0.29) is 29.2 Å². The summed E-state index contributed by atoms with van der Waals surface area (Å²) in [4.78, 5) is 26.2. The zero-order valence-corrected chi connectivity index (χ0v) is 17.6. The van der Waals surface area contributed by atoms with Gasteiger partial charge in [-0.15, -0.1) is 0 Å². The number of nitrogen functional groups attached to an aromatic ring is 1. The first-order chi connectivity index (χ1) is 14.4. The number of amides is 2. The molecule has 8 heteroatoms. The van der Waals surface area contributed by atoms with E-state index in [2.05, 4.69) is 12.6 Å². The Bertz CT molecular complexity index is 1020. The molecule has 1 unspecified atom stereocenters. The second kappa shape index (κ2) is 8.14. The van der Waals surface area contributed by atoms with Gasteiger partial charge in [-0.25, -0.2) is 4.68 Å². The maximum Gasteiger partial charge on any atom is 0.254 e. The van der Waals surface area contributed by atoms with Crippen LogP contribution in [0, 0.1) is 0 Å². The maximum atomic E-state index is 12.3. The molecule has 0 bridgehead atoms. The molecule has 1 aliphatic heterocycles. The van der Waals surface area contributed by atoms with E-state index >= 15 is 0 Å². The van der Waals surface area contributed by atoms with Crippen LogP contribution >= 0.6 is 11.6 Å². The summed E-state index contributed by atoms with van der Waals surface area (Å²) in [5.41, 5.74) is 15.3. The Morgan fingerprint density at radius 1 is 1.33 bits per heavy atom. The Hall–Kier alpha value is -2.80. The van der Waals surface area contributed by atoms with E-state index in [9.17, 15) is 9.59 Å². The highest BCUT2D eigenvalue weighted by Crippen LogP contribution is 2.38. The zero-order chi connectivity index (χ0) is 21.4. The molecule has 4 rings (SSSR count). The zero-order valence-electron chi connectivity index (χ0n) is 16.8. The Morgan fingerprint density at radius 3 is 2.87 bits per heavy atom. The van der Waals surface area contributed by atoms with Crippen molar-refractivity contribution in [1.82, 2.24) is 14.7 Å². The number of primary amides is 1. The summed E-state index contributed by atoms with van der Waals surface area (Å²) in [5.74, 6) is -0.403. The predicted molar refractivity (Wildman–Crippen MR) is 116 cm³/mol. The number of fused-ring (bicyclic) bond motifs is 1. The van der Waals surface area contributed by atoms with Crippen molar-refractivity contribution in [3.8, 4) is 0 Å². The third-order valence-electron chi connectivity index (χ3n) is 6.30. The lowest BCUT2D eigenvalue weighted by atomic mass is 9.81. The molecule has 0 spiro atoms. The number of nitrogens with two attached hydrogens (primary N) is 2. The summed E-state index contributed by atoms with van der Waals surface area (Å²) in [7, 11) is 0. The van der Waals surface area contributed by atoms with Crippen molar-refractivity contribution in [1.29, 1.82) is 0 Å². The van der Waals surface area contributed by atoms with Crippen LogP contribution in [0.1, 0.15) is 52.4 Å². The highest BCUT2D eigenvalue weighted by Gasteiger charge is 2.33. The first-order valence-corrected chi connectivity index (χ1v) is 10.6. The molecular formula is C22H26ClN5O2. The fourth-order valence-corrected chi connectivity index (χ4v) is 5.05. The van der Waals surface area contributed by atoms with Gasteiger partial charge in [0.1, 0.15) is 11.4 Å². The van der Waals surface area contributed by atoms with E-state index in [0.717, 1.165) is 36.3 Å². The van der Waals surface area contributed by atoms with Gasteiger partial charge in [0.2, 0.25) is 5.91 Å². The number of carbonyl (C=O) groups excluding carboxylic acids is 2. The molecule has 1 fully saturated rings. The number of hydrogen-bond donors (Lipinski definition) is 2. The van der Waals surface area contributed by atoms with E-state index in [4.69, 9.17) is 28.2 Å². The normalized spacial score (nSPS) is 20.8. The highest BCUT2D eigenvalue weighted by molar-refractivity contribution is 6.31. The molecular weight excluding hydrogens is 402 g/mol. The molecule has 1 aromatic carbocycles. The number of likely N-dealkylation sites (tertiary alicyclic amines) is 1. The number of benzene rings is 1. The van der Waals surface area contributed by atoms with Gasteiger partial charge in [-0.3, -0.25) is 9.59 Å². The van der Waals surface area contributed by atoms with Gasteiger partial charge in [0, 0.05) is 17.5 Å². The van der Waals surface area contributed by atoms with E-state index in [0.29, 0.717) is 25.2 Å². The molecule has 1 aliphatic carbocycles. The van der Waals surface area contributed by atoms with Crippen LogP contribution in [0.2, 0.25) is 5.02 Å². The Labute approximate surface area is 180 Å². The quantitative estimate of drug-likeness (QED) is 0.715. The van der Waals surface area contributed by atoms with Crippen molar-refractivity contribution in [2.75, 3.05) is 12.3 Å². The van der Waals surface area contributed by atoms with Crippen molar-refractivity contribution in [3.05, 3.63) is 58.3 Å². The molecule has 2 aromatic rings. The molecule has 7 nitrogen and oxygen atoms in total. The summed E-state index contributed by atoms with van der Waals surface area (Å²) in [6, 6.07) is 5.90. The van der Waals surface area contributed by atoms with Gasteiger partial charge < -0.3 is 16.4 Å². The molecule has 1 aromatic heterocycles. The Morgan fingerprint density at radius 2 is 2.13 bits per heavy atom. The fraction of sp³-hybridized carbons (Fsp3) is 0.409. The third-order valence-corrected chi connectivity index (χ3v) is 6.65. The van der Waals surface area contributed by atoms with E-state index < -0.39 is 5.91 Å². The van der Waals surface area contributed by atoms with Crippen LogP contribution in [0.3, 0.4) is 0 Å². The lowest BCUT2D eigenvalue weighted by molar-refractivity contribution is -0.127. The number of aryl methyl sites for hydroxylation is 1. The number of aromatic nitrogens is 2. The smallest absolute Gasteiger partial charge is 0.254 e. The molecule has 0 saturated carbocycles. The van der Waals surface area contributed by atoms with Gasteiger partial charge in [0.05, 0.1) is 18.3 Å². The molecule has 30 heavy (non-hydrogen) atoms. The minimum atomic E-state index is -0.579. The summed E-state index contributed by atoms with van der Waals surface area (Å²) in [6.45, 7) is 4.69. The molecule has 4 N–H and O–H groups in total. The highest BCUT2D eigenvalue weighted by atomic mass is 35.5. The minimum Gasteiger partial charge on any atom is -0.383 e. The first kappa shape index (κ1) is 20.5. The van der Waals surface area contributed by atoms with Gasteiger partial charge in [-0.2, -0.15) is 5.10 Å². The van der Waals surface area contributed by atoms with E-state index in [1.165, 1.54) is 11.6 Å². The van der Waals surface area contributed by atoms with Crippen LogP contribution in [-0.4, -0.2) is 39.1 Å². The fourth-order valence-electron chi connectivity index (χ4n) is 4.78. The Balaban J connectivity index is 1.65. The van der Waals surface area contributed by atoms with Crippen molar-refractivity contribution in [2.45, 2.75) is 50.6 Å². The summed E-state index contributed by atoms with van der Waals surface area (Å²) >= 11 is 6.42. The van der Waals surface area contributed by atoms with Gasteiger partial charge in [-0.1, -0.05) is 30.3 Å². The Kier molecular flexibility index (Phi) is 5.56. The number of carbonyl (C=O) groups is 2. The van der Waals surface area contributed by atoms with Crippen LogP contribution in [0.25, 0.3) is 0 Å². The number of anilines is 1. The molecule has 2 atom stereocenters. The monoisotopic (exact) mass is 427 g/mol. The molecule has 2 heterocycles. The molecule has 2 amide bonds. The van der Waals surface area contributed by atoms with E-state index in [1.54, 1.807) is 9.58 Å². The average molecular weight is 428 g/mol. The molecule has 0 radical (unpaired) electrons. The van der Waals surface area contributed by atoms with Crippen LogP contribution in [-0.2, 0) is 24.2 Å². The third kappa shape index (κ3) is 3.58. The second-order valence-corrected chi connectivity index (χ2v) is 8.45. The second-order valence-electron chi connectivity index (χ2n) is 8.04. The van der Waals surface area contributed by atoms with Crippen molar-refractivity contribution < 1.29 is 9.59 Å². The van der Waals surface area contributed by atoms with Crippen LogP contribution in [0.15, 0.2) is 30.9 Å². The number of rotatable bonds is 5. The topological polar surface area (TPSA) is 107 Å². The summed E-state index contributed by atoms with van der Waals surface area (Å²) in [6.07, 6.45) is 5.49. The largest absolute Gasteiger partial charge is 0.383 e. The lowest BCUT2D eigenvalue weighted by Gasteiger charge is -2.25. The van der Waals surface area contributed by atoms with Gasteiger partial charge >= 0.3 is 0 Å². The van der Waals surface area contributed by atoms with Gasteiger partial charge in [0.25, 0.3) is 5.91 Å². The van der Waals surface area contributed by atoms with Crippen LogP contribution in [0.4, 0.5) is 5.82 Å². The molecule has 2 aliphatic rings. The maximum absolute atomic E-state index is 12.3. The van der Waals surface area contributed by atoms with Gasteiger partial charge in [-0.05, 0) is 55.4 Å². The number of halogens is 1. The predicted octanol–water partition coefficient (Wildman–Crippen LogP) is 2.67. The summed E-state index contributed by atoms with van der Waals surface area (Å²) in [5, 5.41) is 5.46. The SMILES string of the molecule is C=CC(=O)N1CCC[C@H]1Cn1nc(C2CCc3cccc(Cl)c3C2)c(C(N)=O)c1N. The molecule has 1 saturated heterocycles. The first-order valence-electron chi connectivity index (χ1n) is 10.3. The van der Waals surface area contributed by atoms with Crippen LogP contribution in [0.5, 0.6) is 0 Å². The number of nitrogens with zero attached hydrogens (tertiary/aromatic N) is 3. The van der Waals surface area contributed by atoms with Crippen LogP contribution < -0.4 is 11.5 Å². The standard InChI is InChI=1S/C22H26ClN5O2/c1-2-18(29)27-10-4-6-15(27)12-28-21(24)19(22(25)30)20(26-28)14-9-8-13-5-3-7-17(23)16(13)11-14/h2-3,5,7,14-15H,1,4,6,8-12,24H2,(H2,25,30)/t14?,15-/m0/s1.